The number of rotatable bonds is 5. The lowest BCUT2D eigenvalue weighted by atomic mass is 9.92. The molecule has 1 aromatic carbocycles. The number of carbonyl (C=O) groups is 1. The summed E-state index contributed by atoms with van der Waals surface area (Å²) in [5, 5.41) is 2.95. The van der Waals surface area contributed by atoms with Gasteiger partial charge in [-0.25, -0.2) is 0 Å². The number of benzene rings is 1. The van der Waals surface area contributed by atoms with Gasteiger partial charge in [0.2, 0.25) is 5.91 Å². The van der Waals surface area contributed by atoms with Crippen molar-refractivity contribution in [3.63, 3.8) is 0 Å². The fourth-order valence-corrected chi connectivity index (χ4v) is 3.01. The molecule has 0 saturated carbocycles. The van der Waals surface area contributed by atoms with Gasteiger partial charge in [0.25, 0.3) is 0 Å². The largest absolute Gasteiger partial charge is 0.373 e. The lowest BCUT2D eigenvalue weighted by Gasteiger charge is -2.38. The maximum Gasteiger partial charge on any atom is 0.244 e. The predicted molar refractivity (Wildman–Crippen MR) is 95.2 cm³/mol. The van der Waals surface area contributed by atoms with E-state index in [4.69, 9.17) is 10.5 Å². The van der Waals surface area contributed by atoms with Crippen molar-refractivity contribution in [2.24, 2.45) is 5.73 Å². The van der Waals surface area contributed by atoms with Crippen LogP contribution >= 0.6 is 15.9 Å². The summed E-state index contributed by atoms with van der Waals surface area (Å²) in [6, 6.07) is 7.52. The Morgan fingerprint density at radius 1 is 1.43 bits per heavy atom. The van der Waals surface area contributed by atoms with Gasteiger partial charge in [-0.1, -0.05) is 28.1 Å². The van der Waals surface area contributed by atoms with Gasteiger partial charge in [0.05, 0.1) is 12.2 Å². The van der Waals surface area contributed by atoms with E-state index in [0.29, 0.717) is 6.54 Å². The van der Waals surface area contributed by atoms with Crippen molar-refractivity contribution in [2.45, 2.75) is 31.9 Å². The van der Waals surface area contributed by atoms with Crippen molar-refractivity contribution in [3.05, 3.63) is 34.3 Å². The van der Waals surface area contributed by atoms with Crippen LogP contribution in [0.1, 0.15) is 26.3 Å². The normalized spacial score (nSPS) is 20.7. The number of morpholine rings is 1. The van der Waals surface area contributed by atoms with E-state index in [1.807, 2.05) is 24.3 Å². The molecule has 1 unspecified atom stereocenters. The minimum absolute atomic E-state index is 0.123. The van der Waals surface area contributed by atoms with Gasteiger partial charge in [-0.15, -0.1) is 0 Å². The molecule has 23 heavy (non-hydrogen) atoms. The van der Waals surface area contributed by atoms with E-state index in [2.05, 4.69) is 40.0 Å². The molecule has 1 atom stereocenters. The van der Waals surface area contributed by atoms with Crippen LogP contribution in [-0.2, 0) is 15.1 Å². The van der Waals surface area contributed by atoms with Crippen LogP contribution in [0.25, 0.3) is 0 Å². The monoisotopic (exact) mass is 383 g/mol. The number of nitrogens with one attached hydrogen (secondary N) is 1. The lowest BCUT2D eigenvalue weighted by molar-refractivity contribution is -0.126. The minimum atomic E-state index is -1.04. The van der Waals surface area contributed by atoms with Crippen LogP contribution in [0.2, 0.25) is 0 Å². The molecular formula is C17H26BrN3O2. The zero-order chi connectivity index (χ0) is 17.1. The van der Waals surface area contributed by atoms with Crippen LogP contribution < -0.4 is 11.1 Å². The van der Waals surface area contributed by atoms with Gasteiger partial charge in [-0.05, 0) is 38.5 Å². The molecule has 1 amide bonds. The smallest absolute Gasteiger partial charge is 0.244 e. The van der Waals surface area contributed by atoms with E-state index in [1.165, 1.54) is 0 Å². The summed E-state index contributed by atoms with van der Waals surface area (Å²) in [5.41, 5.74) is 5.87. The van der Waals surface area contributed by atoms with E-state index in [0.717, 1.165) is 36.3 Å². The SMILES string of the molecule is CC1(C)CN(CCNC(=O)C(C)(N)c2ccc(Br)cc2)CCO1. The molecule has 1 aromatic rings. The molecule has 1 aliphatic heterocycles. The maximum atomic E-state index is 12.4. The lowest BCUT2D eigenvalue weighted by Crippen LogP contribution is -2.53. The van der Waals surface area contributed by atoms with E-state index < -0.39 is 5.54 Å². The third-order valence-corrected chi connectivity index (χ3v) is 4.66. The molecule has 0 radical (unpaired) electrons. The molecular weight excluding hydrogens is 358 g/mol. The number of carbonyl (C=O) groups excluding carboxylic acids is 1. The first-order valence-corrected chi connectivity index (χ1v) is 8.69. The molecule has 3 N–H and O–H groups in total. The second-order valence-corrected chi connectivity index (χ2v) is 7.77. The van der Waals surface area contributed by atoms with Gasteiger partial charge in [0.1, 0.15) is 5.54 Å². The summed E-state index contributed by atoms with van der Waals surface area (Å²) in [4.78, 5) is 14.7. The fraction of sp³-hybridized carbons (Fsp3) is 0.588. The van der Waals surface area contributed by atoms with Crippen LogP contribution in [0.3, 0.4) is 0 Å². The highest BCUT2D eigenvalue weighted by Gasteiger charge is 2.31. The zero-order valence-electron chi connectivity index (χ0n) is 14.1. The van der Waals surface area contributed by atoms with Gasteiger partial charge in [0.15, 0.2) is 0 Å². The first kappa shape index (κ1) is 18.4. The average Bonchev–Trinajstić information content (AvgIpc) is 2.46. The minimum Gasteiger partial charge on any atom is -0.373 e. The molecule has 0 aromatic heterocycles. The zero-order valence-corrected chi connectivity index (χ0v) is 15.6. The van der Waals surface area contributed by atoms with Crippen LogP contribution in [0.4, 0.5) is 0 Å². The summed E-state index contributed by atoms with van der Waals surface area (Å²) < 4.78 is 6.66. The Bertz CT molecular complexity index is 543. The fourth-order valence-electron chi connectivity index (χ4n) is 2.74. The maximum absolute atomic E-state index is 12.4. The second kappa shape index (κ2) is 7.30. The van der Waals surface area contributed by atoms with Crippen LogP contribution in [0, 0.1) is 0 Å². The molecule has 128 valence electrons. The molecule has 1 aliphatic rings. The Balaban J connectivity index is 1.85. The number of hydrogen-bond donors (Lipinski definition) is 2. The number of amides is 1. The van der Waals surface area contributed by atoms with E-state index in [-0.39, 0.29) is 11.5 Å². The molecule has 0 spiro atoms. The second-order valence-electron chi connectivity index (χ2n) is 6.85. The first-order valence-electron chi connectivity index (χ1n) is 7.90. The van der Waals surface area contributed by atoms with Crippen molar-refractivity contribution in [2.75, 3.05) is 32.8 Å². The average molecular weight is 384 g/mol. The van der Waals surface area contributed by atoms with Crippen LogP contribution in [0.15, 0.2) is 28.7 Å². The highest BCUT2D eigenvalue weighted by molar-refractivity contribution is 9.10. The Kier molecular flexibility index (Phi) is 5.84. The van der Waals surface area contributed by atoms with Gasteiger partial charge in [-0.3, -0.25) is 9.69 Å². The number of nitrogens with zero attached hydrogens (tertiary/aromatic N) is 1. The van der Waals surface area contributed by atoms with Crippen molar-refractivity contribution in [3.8, 4) is 0 Å². The van der Waals surface area contributed by atoms with Gasteiger partial charge in [0, 0.05) is 30.7 Å². The molecule has 1 saturated heterocycles. The van der Waals surface area contributed by atoms with Crippen molar-refractivity contribution >= 4 is 21.8 Å². The molecule has 5 nitrogen and oxygen atoms in total. The first-order chi connectivity index (χ1) is 10.7. The van der Waals surface area contributed by atoms with E-state index in [9.17, 15) is 4.79 Å². The summed E-state index contributed by atoms with van der Waals surface area (Å²) >= 11 is 3.39. The van der Waals surface area contributed by atoms with Crippen LogP contribution in [-0.4, -0.2) is 49.2 Å². The molecule has 2 rings (SSSR count). The Labute approximate surface area is 146 Å². The van der Waals surface area contributed by atoms with Gasteiger partial charge < -0.3 is 15.8 Å². The topological polar surface area (TPSA) is 67.6 Å². The number of halogens is 1. The van der Waals surface area contributed by atoms with Crippen molar-refractivity contribution < 1.29 is 9.53 Å². The van der Waals surface area contributed by atoms with E-state index >= 15 is 0 Å². The standard InChI is InChI=1S/C17H26BrN3O2/c1-16(2)12-21(10-11-23-16)9-8-20-15(22)17(3,19)13-4-6-14(18)7-5-13/h4-7H,8-12,19H2,1-3H3,(H,20,22). The molecule has 0 bridgehead atoms. The Morgan fingerprint density at radius 3 is 2.70 bits per heavy atom. The number of nitrogens with two attached hydrogens (primary N) is 1. The molecule has 6 heteroatoms. The van der Waals surface area contributed by atoms with Crippen molar-refractivity contribution in [1.82, 2.24) is 10.2 Å². The van der Waals surface area contributed by atoms with Gasteiger partial charge >= 0.3 is 0 Å². The number of ether oxygens (including phenoxy) is 1. The highest BCUT2D eigenvalue weighted by atomic mass is 79.9. The van der Waals surface area contributed by atoms with Crippen molar-refractivity contribution in [1.29, 1.82) is 0 Å². The third-order valence-electron chi connectivity index (χ3n) is 4.13. The summed E-state index contributed by atoms with van der Waals surface area (Å²) in [5.74, 6) is -0.160. The molecule has 0 aliphatic carbocycles. The third kappa shape index (κ3) is 5.01. The molecule has 1 fully saturated rings. The molecule has 1 heterocycles. The Hall–Kier alpha value is -0.950. The van der Waals surface area contributed by atoms with Gasteiger partial charge in [-0.2, -0.15) is 0 Å². The summed E-state index contributed by atoms with van der Waals surface area (Å²) in [6.45, 7) is 9.79. The quantitative estimate of drug-likeness (QED) is 0.813. The van der Waals surface area contributed by atoms with Crippen LogP contribution in [0.5, 0.6) is 0 Å². The predicted octanol–water partition coefficient (Wildman–Crippen LogP) is 1.85. The summed E-state index contributed by atoms with van der Waals surface area (Å²) in [7, 11) is 0. The number of hydrogen-bond acceptors (Lipinski definition) is 4. The highest BCUT2D eigenvalue weighted by Crippen LogP contribution is 2.20. The summed E-state index contributed by atoms with van der Waals surface area (Å²) in [6.07, 6.45) is 0. The van der Waals surface area contributed by atoms with E-state index in [1.54, 1.807) is 6.92 Å². The Morgan fingerprint density at radius 2 is 2.09 bits per heavy atom.